The van der Waals surface area contributed by atoms with Crippen molar-refractivity contribution in [3.63, 3.8) is 0 Å². The molecule has 0 amide bonds. The summed E-state index contributed by atoms with van der Waals surface area (Å²) in [6, 6.07) is 139. The van der Waals surface area contributed by atoms with Gasteiger partial charge in [0.15, 0.2) is 52.4 Å². The van der Waals surface area contributed by atoms with Gasteiger partial charge in [-0.25, -0.2) is 44.9 Å². The predicted octanol–water partition coefficient (Wildman–Crippen LogP) is 26.3. The molecule has 0 aliphatic carbocycles. The zero-order valence-electron chi connectivity index (χ0n) is 64.9. The van der Waals surface area contributed by atoms with Crippen molar-refractivity contribution in [1.82, 2.24) is 59.8 Å². The van der Waals surface area contributed by atoms with Crippen LogP contribution in [0.15, 0.2) is 437 Å². The summed E-state index contributed by atoms with van der Waals surface area (Å²) in [5.41, 5.74) is 21.9. The zero-order chi connectivity index (χ0) is 80.2. The number of hydrogen-bond acceptors (Lipinski definition) is 12. The number of nitrogens with zero attached hydrogens (tertiary/aromatic N) is 12. The first-order valence-electron chi connectivity index (χ1n) is 39.7. The average molecular weight is 1540 g/mol. The molecule has 0 bridgehead atoms. The lowest BCUT2D eigenvalue weighted by Crippen LogP contribution is -2.00. The molecule has 0 saturated heterocycles. The number of fused-ring (bicyclic) bond motifs is 3. The minimum atomic E-state index is 0.643. The van der Waals surface area contributed by atoms with Crippen LogP contribution in [0, 0.1) is 0 Å². The Morgan fingerprint density at radius 1 is 0.142 bits per heavy atom. The van der Waals surface area contributed by atoms with Crippen LogP contribution < -0.4 is 0 Å². The Morgan fingerprint density at radius 3 is 0.700 bits per heavy atom. The van der Waals surface area contributed by atoms with E-state index in [2.05, 4.69) is 203 Å². The fourth-order valence-corrected chi connectivity index (χ4v) is 15.0. The summed E-state index contributed by atoms with van der Waals surface area (Å²) in [5, 5.41) is 6.94. The molecule has 0 unspecified atom stereocenters. The average Bonchev–Trinajstić information content (AvgIpc) is 0.778. The Morgan fingerprint density at radius 2 is 0.400 bits per heavy atom. The van der Waals surface area contributed by atoms with Crippen molar-refractivity contribution in [3.8, 4) is 169 Å². The van der Waals surface area contributed by atoms with Crippen LogP contribution in [0.1, 0.15) is 0 Å². The largest absolute Gasteiger partial charge is 0.265 e. The summed E-state index contributed by atoms with van der Waals surface area (Å²) in [4.78, 5) is 57.3. The highest BCUT2D eigenvalue weighted by Gasteiger charge is 2.20. The van der Waals surface area contributed by atoms with Crippen molar-refractivity contribution in [2.24, 2.45) is 0 Å². The van der Waals surface area contributed by atoms with Gasteiger partial charge in [-0.1, -0.05) is 340 Å². The van der Waals surface area contributed by atoms with Gasteiger partial charge in [0, 0.05) is 86.6 Å². The molecular formula is C108H72N12. The quantitative estimate of drug-likeness (QED) is 0.0959. The maximum absolute atomic E-state index is 4.97. The first-order valence-corrected chi connectivity index (χ1v) is 39.7. The number of pyridine rings is 3. The summed E-state index contributed by atoms with van der Waals surface area (Å²) in [5.74, 6) is 5.85. The zero-order valence-corrected chi connectivity index (χ0v) is 64.9. The van der Waals surface area contributed by atoms with E-state index >= 15 is 0 Å². The molecule has 6 aromatic heterocycles. The molecular weight excluding hydrogens is 1470 g/mol. The SMILES string of the molecule is c1ccc(-c2nc(-c3ccccc3)nc(-c3cc(-c4ccc(-c5ccccn5)cc4)c4ccccc4c3)n2)cc1.c1ccc(-c2nc(-c3ccccc3)nc(-c3cc(-c4ccc(-c5cccnc5)cc4)c4ccccc4c3)n2)cc1.c1ccc(-c2nc(-c3ccccc3)nc(-c3cc(-c4ccc(-c5ccncc5)cc4)c4ccccc4c3)n2)cc1. The molecule has 12 heteroatoms. The third-order valence-corrected chi connectivity index (χ3v) is 21.0. The first-order chi connectivity index (χ1) is 59.4. The highest BCUT2D eigenvalue weighted by molar-refractivity contribution is 6.03. The van der Waals surface area contributed by atoms with Crippen LogP contribution in [0.25, 0.3) is 202 Å². The molecule has 21 aromatic rings. The van der Waals surface area contributed by atoms with Crippen molar-refractivity contribution >= 4 is 32.3 Å². The third kappa shape index (κ3) is 16.4. The van der Waals surface area contributed by atoms with Crippen molar-refractivity contribution in [1.29, 1.82) is 0 Å². The van der Waals surface area contributed by atoms with E-state index in [0.29, 0.717) is 52.4 Å². The number of benzene rings is 15. The molecule has 120 heavy (non-hydrogen) atoms. The second-order valence-corrected chi connectivity index (χ2v) is 28.8. The van der Waals surface area contributed by atoms with E-state index in [4.69, 9.17) is 44.9 Å². The monoisotopic (exact) mass is 1540 g/mol. The van der Waals surface area contributed by atoms with Crippen LogP contribution in [0.2, 0.25) is 0 Å². The van der Waals surface area contributed by atoms with E-state index in [-0.39, 0.29) is 0 Å². The lowest BCUT2D eigenvalue weighted by molar-refractivity contribution is 1.07. The molecule has 0 N–H and O–H groups in total. The molecule has 0 atom stereocenters. The van der Waals surface area contributed by atoms with Crippen LogP contribution in [-0.2, 0) is 0 Å². The molecule has 15 aromatic carbocycles. The molecule has 0 radical (unpaired) electrons. The number of hydrogen-bond donors (Lipinski definition) is 0. The van der Waals surface area contributed by atoms with Crippen molar-refractivity contribution in [3.05, 3.63) is 437 Å². The van der Waals surface area contributed by atoms with Gasteiger partial charge in [-0.2, -0.15) is 0 Å². The van der Waals surface area contributed by atoms with E-state index in [1.807, 2.05) is 243 Å². The van der Waals surface area contributed by atoms with E-state index in [1.54, 1.807) is 6.20 Å². The summed E-state index contributed by atoms with van der Waals surface area (Å²) < 4.78 is 0. The topological polar surface area (TPSA) is 155 Å². The summed E-state index contributed by atoms with van der Waals surface area (Å²) in [7, 11) is 0. The highest BCUT2D eigenvalue weighted by atomic mass is 15.1. The molecule has 0 spiro atoms. The van der Waals surface area contributed by atoms with Crippen LogP contribution >= 0.6 is 0 Å². The van der Waals surface area contributed by atoms with Gasteiger partial charge < -0.3 is 0 Å². The van der Waals surface area contributed by atoms with E-state index in [0.717, 1.165) is 133 Å². The van der Waals surface area contributed by atoms with Gasteiger partial charge in [0.05, 0.1) is 5.69 Å². The molecule has 21 rings (SSSR count). The second kappa shape index (κ2) is 34.3. The first kappa shape index (κ1) is 73.7. The van der Waals surface area contributed by atoms with Gasteiger partial charge in [-0.3, -0.25) is 15.0 Å². The van der Waals surface area contributed by atoms with Gasteiger partial charge in [0.2, 0.25) is 0 Å². The minimum Gasteiger partial charge on any atom is -0.265 e. The Hall–Kier alpha value is -16.4. The van der Waals surface area contributed by atoms with Crippen LogP contribution in [0.3, 0.4) is 0 Å². The predicted molar refractivity (Wildman–Crippen MR) is 487 cm³/mol. The van der Waals surface area contributed by atoms with Gasteiger partial charge in [0.1, 0.15) is 0 Å². The molecule has 564 valence electrons. The van der Waals surface area contributed by atoms with Crippen LogP contribution in [-0.4, -0.2) is 59.8 Å². The van der Waals surface area contributed by atoms with Crippen molar-refractivity contribution in [2.45, 2.75) is 0 Å². The lowest BCUT2D eigenvalue weighted by atomic mass is 9.94. The molecule has 12 nitrogen and oxygen atoms in total. The van der Waals surface area contributed by atoms with Gasteiger partial charge in [-0.15, -0.1) is 0 Å². The normalized spacial score (nSPS) is 11.0. The molecule has 0 saturated carbocycles. The fourth-order valence-electron chi connectivity index (χ4n) is 15.0. The van der Waals surface area contributed by atoms with Gasteiger partial charge in [0.25, 0.3) is 0 Å². The van der Waals surface area contributed by atoms with E-state index < -0.39 is 0 Å². The third-order valence-electron chi connectivity index (χ3n) is 21.0. The van der Waals surface area contributed by atoms with Gasteiger partial charge in [-0.05, 0) is 155 Å². The number of aromatic nitrogens is 12. The molecule has 0 aliphatic heterocycles. The maximum Gasteiger partial charge on any atom is 0.164 e. The minimum absolute atomic E-state index is 0.643. The fraction of sp³-hybridized carbons (Fsp3) is 0. The van der Waals surface area contributed by atoms with Crippen molar-refractivity contribution < 1.29 is 0 Å². The summed E-state index contributed by atoms with van der Waals surface area (Å²) in [6.45, 7) is 0. The standard InChI is InChI=1S/3C36H24N4/c1-3-11-27(12-4-1)34-38-35(28-13-5-2-6-14-28)40-36(39-34)30-23-29-15-7-8-16-31(29)32(24-30)25-18-20-26(21-19-25)33-17-9-10-22-37-33;1-3-10-27(11-4-1)34-38-35(28-12-5-2-6-13-28)40-36(39-34)31-22-29-14-7-8-16-32(29)33(23-31)26-19-17-25(18-20-26)30-15-9-21-37-24-30;1-3-9-28(10-4-1)34-38-35(29-11-5-2-6-12-29)40-36(39-34)31-23-30-13-7-8-14-32(30)33(24-31)27-17-15-25(16-18-27)26-19-21-37-22-20-26/h3*1-24H. The molecule has 6 heterocycles. The van der Waals surface area contributed by atoms with Gasteiger partial charge >= 0.3 is 0 Å². The highest BCUT2D eigenvalue weighted by Crippen LogP contribution is 2.40. The van der Waals surface area contributed by atoms with Crippen LogP contribution in [0.5, 0.6) is 0 Å². The smallest absolute Gasteiger partial charge is 0.164 e. The lowest BCUT2D eigenvalue weighted by Gasteiger charge is -2.13. The Balaban J connectivity index is 0.000000119. The Kier molecular flexibility index (Phi) is 21.1. The molecule has 0 fully saturated rings. The Labute approximate surface area is 694 Å². The number of rotatable bonds is 15. The summed E-state index contributed by atoms with van der Waals surface area (Å²) >= 11 is 0. The van der Waals surface area contributed by atoms with Crippen LogP contribution in [0.4, 0.5) is 0 Å². The molecule has 0 aliphatic rings. The van der Waals surface area contributed by atoms with E-state index in [9.17, 15) is 0 Å². The second-order valence-electron chi connectivity index (χ2n) is 28.8. The van der Waals surface area contributed by atoms with E-state index in [1.165, 1.54) is 16.2 Å². The maximum atomic E-state index is 4.97. The summed E-state index contributed by atoms with van der Waals surface area (Å²) in [6.07, 6.45) is 9.15. The Bertz CT molecular complexity index is 6270. The van der Waals surface area contributed by atoms with Crippen molar-refractivity contribution in [2.75, 3.05) is 0 Å².